The number of amides is 1. The van der Waals surface area contributed by atoms with E-state index in [-0.39, 0.29) is 5.91 Å². The van der Waals surface area contributed by atoms with E-state index in [0.717, 1.165) is 23.5 Å². The predicted octanol–water partition coefficient (Wildman–Crippen LogP) is 3.50. The van der Waals surface area contributed by atoms with E-state index < -0.39 is 0 Å². The van der Waals surface area contributed by atoms with E-state index in [4.69, 9.17) is 5.73 Å². The van der Waals surface area contributed by atoms with Gasteiger partial charge in [0, 0.05) is 26.9 Å². The van der Waals surface area contributed by atoms with E-state index in [1.165, 1.54) is 21.5 Å². The largest absolute Gasteiger partial charge is 0.379 e. The Kier molecular flexibility index (Phi) is 5.49. The molecule has 1 aromatic heterocycles. The molecular formula is C15H18N2OS2. The molecular weight excluding hydrogens is 288 g/mol. The van der Waals surface area contributed by atoms with Crippen LogP contribution in [0.2, 0.25) is 0 Å². The van der Waals surface area contributed by atoms with Gasteiger partial charge in [0.1, 0.15) is 0 Å². The van der Waals surface area contributed by atoms with Crippen molar-refractivity contribution >= 4 is 34.7 Å². The first-order valence-electron chi connectivity index (χ1n) is 6.50. The number of aryl methyl sites for hydroxylation is 1. The van der Waals surface area contributed by atoms with E-state index in [9.17, 15) is 4.79 Å². The molecule has 2 aromatic rings. The van der Waals surface area contributed by atoms with Gasteiger partial charge in [-0.3, -0.25) is 4.79 Å². The smallest absolute Gasteiger partial charge is 0.227 e. The molecule has 0 bridgehead atoms. The second-order valence-electron chi connectivity index (χ2n) is 4.33. The Morgan fingerprint density at radius 3 is 2.70 bits per heavy atom. The highest BCUT2D eigenvalue weighted by atomic mass is 32.2. The zero-order valence-electron chi connectivity index (χ0n) is 11.4. The minimum Gasteiger partial charge on any atom is -0.379 e. The average molecular weight is 306 g/mol. The van der Waals surface area contributed by atoms with Crippen LogP contribution in [0, 0.1) is 0 Å². The first-order valence-corrected chi connectivity index (χ1v) is 8.31. The number of rotatable bonds is 7. The third-order valence-electron chi connectivity index (χ3n) is 2.78. The molecule has 0 aliphatic rings. The molecule has 0 atom stereocenters. The standard InChI is InChI=1S/C15H18N2OS2/c1-2-11-7-8-12(20-11)9-17-13-5-3-4-6-14(13)19-10-15(16)18/h3-8,17H,2,9-10H2,1H3,(H2,16,18). The maximum atomic E-state index is 10.9. The molecule has 3 nitrogen and oxygen atoms in total. The molecule has 0 spiro atoms. The summed E-state index contributed by atoms with van der Waals surface area (Å²) in [5, 5.41) is 3.43. The minimum absolute atomic E-state index is 0.296. The van der Waals surface area contributed by atoms with E-state index in [1.54, 1.807) is 0 Å². The summed E-state index contributed by atoms with van der Waals surface area (Å²) in [6.07, 6.45) is 1.08. The van der Waals surface area contributed by atoms with Crippen molar-refractivity contribution in [3.8, 4) is 0 Å². The Hall–Kier alpha value is -1.46. The van der Waals surface area contributed by atoms with Crippen molar-refractivity contribution in [2.24, 2.45) is 5.73 Å². The lowest BCUT2D eigenvalue weighted by atomic mass is 10.3. The number of thioether (sulfide) groups is 1. The molecule has 1 aromatic carbocycles. The van der Waals surface area contributed by atoms with Crippen molar-refractivity contribution in [1.29, 1.82) is 0 Å². The van der Waals surface area contributed by atoms with Crippen LogP contribution in [0.5, 0.6) is 0 Å². The molecule has 1 heterocycles. The number of primary amides is 1. The highest BCUT2D eigenvalue weighted by molar-refractivity contribution is 8.00. The fourth-order valence-corrected chi connectivity index (χ4v) is 3.44. The lowest BCUT2D eigenvalue weighted by Gasteiger charge is -2.10. The van der Waals surface area contributed by atoms with Crippen LogP contribution in [0.25, 0.3) is 0 Å². The maximum absolute atomic E-state index is 10.9. The van der Waals surface area contributed by atoms with Gasteiger partial charge < -0.3 is 11.1 Å². The summed E-state index contributed by atoms with van der Waals surface area (Å²) in [6.45, 7) is 2.97. The topological polar surface area (TPSA) is 55.1 Å². The van der Waals surface area contributed by atoms with Gasteiger partial charge in [-0.05, 0) is 30.7 Å². The Bertz CT molecular complexity index is 581. The molecule has 1 amide bonds. The Morgan fingerprint density at radius 1 is 1.25 bits per heavy atom. The van der Waals surface area contributed by atoms with E-state index in [1.807, 2.05) is 35.6 Å². The Balaban J connectivity index is 1.99. The van der Waals surface area contributed by atoms with Crippen LogP contribution in [0.3, 0.4) is 0 Å². The van der Waals surface area contributed by atoms with Crippen LogP contribution in [0.1, 0.15) is 16.7 Å². The maximum Gasteiger partial charge on any atom is 0.227 e. The van der Waals surface area contributed by atoms with Crippen LogP contribution in [-0.4, -0.2) is 11.7 Å². The van der Waals surface area contributed by atoms with Gasteiger partial charge in [-0.15, -0.1) is 23.1 Å². The number of hydrogen-bond acceptors (Lipinski definition) is 4. The van der Waals surface area contributed by atoms with Crippen molar-refractivity contribution in [1.82, 2.24) is 0 Å². The first kappa shape index (κ1) is 14.9. The number of benzene rings is 1. The van der Waals surface area contributed by atoms with Gasteiger partial charge in [0.15, 0.2) is 0 Å². The molecule has 2 rings (SSSR count). The first-order chi connectivity index (χ1) is 9.69. The van der Waals surface area contributed by atoms with E-state index in [2.05, 4.69) is 24.4 Å². The Morgan fingerprint density at radius 2 is 2.00 bits per heavy atom. The number of nitrogens with one attached hydrogen (secondary N) is 1. The van der Waals surface area contributed by atoms with Crippen LogP contribution in [-0.2, 0) is 17.8 Å². The van der Waals surface area contributed by atoms with Crippen molar-refractivity contribution in [3.05, 3.63) is 46.2 Å². The number of carbonyl (C=O) groups is 1. The SMILES string of the molecule is CCc1ccc(CNc2ccccc2SCC(N)=O)s1. The highest BCUT2D eigenvalue weighted by Gasteiger charge is 2.05. The van der Waals surface area contributed by atoms with Gasteiger partial charge in [-0.2, -0.15) is 0 Å². The van der Waals surface area contributed by atoms with Crippen molar-refractivity contribution < 1.29 is 4.79 Å². The summed E-state index contributed by atoms with van der Waals surface area (Å²) < 4.78 is 0. The van der Waals surface area contributed by atoms with Crippen LogP contribution in [0.4, 0.5) is 5.69 Å². The summed E-state index contributed by atoms with van der Waals surface area (Å²) in [5.74, 6) is 0.00756. The number of para-hydroxylation sites is 1. The molecule has 0 saturated carbocycles. The molecule has 20 heavy (non-hydrogen) atoms. The van der Waals surface area contributed by atoms with Crippen LogP contribution in [0.15, 0.2) is 41.3 Å². The van der Waals surface area contributed by atoms with Crippen LogP contribution >= 0.6 is 23.1 Å². The van der Waals surface area contributed by atoms with Gasteiger partial charge in [0.25, 0.3) is 0 Å². The van der Waals surface area contributed by atoms with Gasteiger partial charge >= 0.3 is 0 Å². The zero-order chi connectivity index (χ0) is 14.4. The lowest BCUT2D eigenvalue weighted by molar-refractivity contribution is -0.115. The number of carbonyl (C=O) groups excluding carboxylic acids is 1. The molecule has 106 valence electrons. The number of hydrogen-bond donors (Lipinski definition) is 2. The monoisotopic (exact) mass is 306 g/mol. The van der Waals surface area contributed by atoms with E-state index in [0.29, 0.717) is 5.75 Å². The second kappa shape index (κ2) is 7.36. The molecule has 0 radical (unpaired) electrons. The molecule has 0 fully saturated rings. The summed E-state index contributed by atoms with van der Waals surface area (Å²) in [6, 6.07) is 12.3. The highest BCUT2D eigenvalue weighted by Crippen LogP contribution is 2.27. The van der Waals surface area contributed by atoms with Crippen molar-refractivity contribution in [3.63, 3.8) is 0 Å². The van der Waals surface area contributed by atoms with Gasteiger partial charge in [-0.25, -0.2) is 0 Å². The number of nitrogens with two attached hydrogens (primary N) is 1. The zero-order valence-corrected chi connectivity index (χ0v) is 13.0. The second-order valence-corrected chi connectivity index (χ2v) is 6.60. The fraction of sp³-hybridized carbons (Fsp3) is 0.267. The van der Waals surface area contributed by atoms with Crippen molar-refractivity contribution in [2.45, 2.75) is 24.8 Å². The summed E-state index contributed by atoms with van der Waals surface area (Å²) in [7, 11) is 0. The number of thiophene rings is 1. The van der Waals surface area contributed by atoms with Crippen molar-refractivity contribution in [2.75, 3.05) is 11.1 Å². The lowest BCUT2D eigenvalue weighted by Crippen LogP contribution is -2.13. The molecule has 0 aliphatic heterocycles. The molecule has 5 heteroatoms. The molecule has 0 aliphatic carbocycles. The van der Waals surface area contributed by atoms with E-state index >= 15 is 0 Å². The predicted molar refractivity (Wildman–Crippen MR) is 87.4 cm³/mol. The van der Waals surface area contributed by atoms with Gasteiger partial charge in [0.05, 0.1) is 5.75 Å². The summed E-state index contributed by atoms with van der Waals surface area (Å²) in [5.41, 5.74) is 6.24. The quantitative estimate of drug-likeness (QED) is 0.770. The number of anilines is 1. The molecule has 0 unspecified atom stereocenters. The summed E-state index contributed by atoms with van der Waals surface area (Å²) >= 11 is 3.30. The minimum atomic E-state index is -0.296. The Labute approximate surface area is 127 Å². The third-order valence-corrected chi connectivity index (χ3v) is 5.10. The van der Waals surface area contributed by atoms with Crippen LogP contribution < -0.4 is 11.1 Å². The molecule has 3 N–H and O–H groups in total. The fourth-order valence-electron chi connectivity index (χ4n) is 1.78. The van der Waals surface area contributed by atoms with Gasteiger partial charge in [0.2, 0.25) is 5.91 Å². The average Bonchev–Trinajstić information content (AvgIpc) is 2.91. The third kappa shape index (κ3) is 4.28. The summed E-state index contributed by atoms with van der Waals surface area (Å²) in [4.78, 5) is 14.7. The molecule has 0 saturated heterocycles. The normalized spacial score (nSPS) is 10.4. The van der Waals surface area contributed by atoms with Gasteiger partial charge in [-0.1, -0.05) is 19.1 Å².